The summed E-state index contributed by atoms with van der Waals surface area (Å²) in [5.74, 6) is -0.0877. The number of hydrogen-bond acceptors (Lipinski definition) is 18. The molecule has 2 aromatic carbocycles. The number of nitrogens with one attached hydrogen (secondary N) is 2. The van der Waals surface area contributed by atoms with Crippen LogP contribution in [0.2, 0.25) is 0 Å². The molecule has 2 spiro atoms. The second-order valence-electron chi connectivity index (χ2n) is 20.6. The maximum absolute atomic E-state index is 14.8. The van der Waals surface area contributed by atoms with E-state index in [-0.39, 0.29) is 38.7 Å². The zero-order valence-corrected chi connectivity index (χ0v) is 43.3. The van der Waals surface area contributed by atoms with Crippen molar-refractivity contribution in [2.75, 3.05) is 69.3 Å². The second-order valence-corrected chi connectivity index (χ2v) is 20.6. The van der Waals surface area contributed by atoms with Gasteiger partial charge in [-0.1, -0.05) is 46.7 Å². The number of carbonyl (C=O) groups excluding carboxylic acids is 4. The van der Waals surface area contributed by atoms with Crippen molar-refractivity contribution in [3.8, 4) is 28.8 Å². The third kappa shape index (κ3) is 8.61. The Balaban J connectivity index is 0.000000151. The summed E-state index contributed by atoms with van der Waals surface area (Å²) in [5.41, 5.74) is 2.57. The van der Waals surface area contributed by atoms with Crippen LogP contribution < -0.4 is 14.5 Å². The highest BCUT2D eigenvalue weighted by Gasteiger charge is 2.48. The number of amides is 2. The molecule has 0 saturated carbocycles. The molecule has 4 fully saturated rings. The highest BCUT2D eigenvalue weighted by Crippen LogP contribution is 2.43. The van der Waals surface area contributed by atoms with Gasteiger partial charge in [0, 0.05) is 75.6 Å². The zero-order valence-electron chi connectivity index (χ0n) is 43.3. The topological polar surface area (TPSA) is 284 Å². The first-order chi connectivity index (χ1) is 39.0. The number of ketones is 2. The van der Waals surface area contributed by atoms with E-state index < -0.39 is 29.2 Å². The number of H-pyrrole nitrogens is 2. The summed E-state index contributed by atoms with van der Waals surface area (Å²) in [4.78, 5) is 80.2. The van der Waals surface area contributed by atoms with Gasteiger partial charge in [-0.2, -0.15) is 9.78 Å². The average molecular weight is 1080 g/mol. The minimum Gasteiger partial charge on any atom is -0.494 e. The van der Waals surface area contributed by atoms with Crippen molar-refractivity contribution in [1.82, 2.24) is 94.5 Å². The largest absolute Gasteiger partial charge is 0.494 e. The number of pyridine rings is 2. The summed E-state index contributed by atoms with van der Waals surface area (Å²) in [6.07, 6.45) is 15.0. The number of rotatable bonds is 11. The van der Waals surface area contributed by atoms with Crippen molar-refractivity contribution in [2.24, 2.45) is 10.8 Å². The number of aromatic nitrogens is 17. The molecule has 2 atom stereocenters. The molecule has 27 heteroatoms. The van der Waals surface area contributed by atoms with E-state index >= 15 is 0 Å². The minimum atomic E-state index is -0.768. The van der Waals surface area contributed by atoms with E-state index in [9.17, 15) is 23.6 Å². The molecule has 4 aliphatic rings. The Morgan fingerprint density at radius 3 is 1.86 bits per heavy atom. The van der Waals surface area contributed by atoms with Crippen LogP contribution in [-0.2, 0) is 9.59 Å². The number of aromatic amines is 2. The lowest BCUT2D eigenvalue weighted by Gasteiger charge is -2.25. The molecule has 14 rings (SSSR count). The number of hydrogen-bond donors (Lipinski definition) is 2. The van der Waals surface area contributed by atoms with Crippen molar-refractivity contribution in [1.29, 1.82) is 0 Å². The van der Waals surface area contributed by atoms with Crippen LogP contribution in [0, 0.1) is 23.6 Å². The van der Waals surface area contributed by atoms with Crippen LogP contribution >= 0.6 is 0 Å². The minimum absolute atomic E-state index is 0.00236. The Bertz CT molecular complexity index is 3980. The number of nitrogens with zero attached hydrogens (tertiary/aromatic N) is 19. The van der Waals surface area contributed by atoms with Crippen LogP contribution in [0.25, 0.3) is 44.8 Å². The molecule has 0 radical (unpaired) electrons. The number of Topliss-reactive ketones (excluding diaryl/α,β-unsaturated/α-hetero) is 2. The number of methoxy groups -OCH3 is 1. The monoisotopic (exact) mass is 1080 g/mol. The third-order valence-corrected chi connectivity index (χ3v) is 15.8. The van der Waals surface area contributed by atoms with Gasteiger partial charge in [0.1, 0.15) is 24.2 Å². The zero-order chi connectivity index (χ0) is 54.7. The second kappa shape index (κ2) is 19.7. The molecule has 80 heavy (non-hydrogen) atoms. The first-order valence-corrected chi connectivity index (χ1v) is 25.9. The smallest absolute Gasteiger partial charge is 0.295 e. The Hall–Kier alpha value is -10.1. The van der Waals surface area contributed by atoms with E-state index in [1.165, 1.54) is 35.1 Å². The molecule has 0 aliphatic carbocycles. The summed E-state index contributed by atoms with van der Waals surface area (Å²) < 4.78 is 26.9. The van der Waals surface area contributed by atoms with Crippen molar-refractivity contribution < 1.29 is 28.3 Å². The molecular formula is C53H50FN21O5. The van der Waals surface area contributed by atoms with E-state index in [4.69, 9.17) is 4.74 Å². The standard InChI is InChI=1S/C28H28N10O3.C25H22FN11O2/c1-18-31-16-38(34-18)25-23-22(21(41-2)13-30-25)20(12-29-23)24(39)26(40)35-10-8-28(14-35)9-11-36(15-28)27-33-32-17-37(27)19-6-4-3-5-7-19;26-18-13-28-22(36-11-8-29-32-36)20-19(18)17(12-27-20)21(38)23(39)34-9-6-25(14-34)7-10-35(15-25)24-30-31-33-37(24)16-4-2-1-3-5-16/h3-7,12-13,16-17,29H,8-11,14-15H2,1-2H3;1-5,8,11-13,27H,6-7,9-10,14-15H2. The van der Waals surface area contributed by atoms with Crippen molar-refractivity contribution in [2.45, 2.75) is 32.6 Å². The fraction of sp³-hybridized carbons (Fsp3) is 0.302. The van der Waals surface area contributed by atoms with E-state index in [1.807, 2.05) is 65.2 Å². The Morgan fingerprint density at radius 2 is 1.24 bits per heavy atom. The summed E-state index contributed by atoms with van der Waals surface area (Å²) >= 11 is 0. The quantitative estimate of drug-likeness (QED) is 0.137. The summed E-state index contributed by atoms with van der Waals surface area (Å²) in [6, 6.07) is 19.6. The molecule has 10 aromatic rings. The maximum Gasteiger partial charge on any atom is 0.295 e. The number of tetrazole rings is 1. The molecule has 12 heterocycles. The van der Waals surface area contributed by atoms with E-state index in [2.05, 4.69) is 75.9 Å². The molecule has 0 bridgehead atoms. The first-order valence-electron chi connectivity index (χ1n) is 25.9. The molecular weight excluding hydrogens is 1030 g/mol. The number of fused-ring (bicyclic) bond motifs is 2. The van der Waals surface area contributed by atoms with Crippen molar-refractivity contribution in [3.63, 3.8) is 0 Å². The Kier molecular flexibility index (Phi) is 12.2. The first kappa shape index (κ1) is 49.5. The number of benzene rings is 2. The molecule has 4 aliphatic heterocycles. The van der Waals surface area contributed by atoms with Gasteiger partial charge in [-0.15, -0.1) is 15.3 Å². The highest BCUT2D eigenvalue weighted by molar-refractivity contribution is 6.45. The van der Waals surface area contributed by atoms with Crippen LogP contribution in [0.5, 0.6) is 5.75 Å². The summed E-state index contributed by atoms with van der Waals surface area (Å²) in [7, 11) is 1.51. The molecule has 4 saturated heterocycles. The van der Waals surface area contributed by atoms with Crippen LogP contribution in [0.3, 0.4) is 0 Å². The Labute approximate surface area is 453 Å². The van der Waals surface area contributed by atoms with Gasteiger partial charge in [0.25, 0.3) is 23.4 Å². The fourth-order valence-corrected chi connectivity index (χ4v) is 11.8. The molecule has 26 nitrogen and oxygen atoms in total. The fourth-order valence-electron chi connectivity index (χ4n) is 11.8. The van der Waals surface area contributed by atoms with Gasteiger partial charge >= 0.3 is 0 Å². The summed E-state index contributed by atoms with van der Waals surface area (Å²) in [5, 5.41) is 33.3. The summed E-state index contributed by atoms with van der Waals surface area (Å²) in [6.45, 7) is 6.62. The lowest BCUT2D eigenvalue weighted by atomic mass is 9.86. The maximum atomic E-state index is 14.8. The van der Waals surface area contributed by atoms with Gasteiger partial charge in [0.15, 0.2) is 17.5 Å². The predicted octanol–water partition coefficient (Wildman–Crippen LogP) is 3.92. The van der Waals surface area contributed by atoms with Crippen LogP contribution in [-0.4, -0.2) is 177 Å². The van der Waals surface area contributed by atoms with E-state index in [1.54, 1.807) is 46.5 Å². The van der Waals surface area contributed by atoms with Gasteiger partial charge < -0.3 is 34.3 Å². The van der Waals surface area contributed by atoms with Gasteiger partial charge in [-0.25, -0.2) is 28.7 Å². The van der Waals surface area contributed by atoms with Gasteiger partial charge in [0.05, 0.1) is 76.2 Å². The molecule has 404 valence electrons. The van der Waals surface area contributed by atoms with Gasteiger partial charge in [0.2, 0.25) is 11.9 Å². The number of carbonyl (C=O) groups is 4. The number of para-hydroxylation sites is 2. The SMILES string of the molecule is COc1cnc(-n2cnc(C)n2)c2[nH]cc(C(=O)C(=O)N3CCC4(CCN(c5nncn5-c5ccccc5)C4)C3)c12.O=C(C(=O)N1CCC2(CCN(c3nnnn3-c3ccccc3)C2)C1)c1c[nH]c2c(-n3ccnn3)ncc(F)c12. The number of likely N-dealkylation sites (tertiary alicyclic amines) is 2. The molecule has 2 N–H and O–H groups in total. The van der Waals surface area contributed by atoms with Gasteiger partial charge in [-0.3, -0.25) is 23.7 Å². The number of aryl methyl sites for hydroxylation is 1. The number of ether oxygens (including phenoxy) is 1. The lowest BCUT2D eigenvalue weighted by molar-refractivity contribution is -0.126. The molecule has 8 aromatic heterocycles. The molecule has 2 amide bonds. The van der Waals surface area contributed by atoms with Crippen molar-refractivity contribution >= 4 is 57.1 Å². The molecule has 2 unspecified atom stereocenters. The van der Waals surface area contributed by atoms with Crippen LogP contribution in [0.1, 0.15) is 52.2 Å². The van der Waals surface area contributed by atoms with E-state index in [0.29, 0.717) is 67.0 Å². The van der Waals surface area contributed by atoms with Crippen LogP contribution in [0.15, 0.2) is 110 Å². The highest BCUT2D eigenvalue weighted by atomic mass is 19.1. The third-order valence-electron chi connectivity index (χ3n) is 15.8. The van der Waals surface area contributed by atoms with Gasteiger partial charge in [-0.05, 0) is 67.3 Å². The number of halogens is 1. The van der Waals surface area contributed by atoms with Crippen LogP contribution in [0.4, 0.5) is 16.3 Å². The van der Waals surface area contributed by atoms with Crippen molar-refractivity contribution in [3.05, 3.63) is 133 Å². The number of anilines is 2. The lowest BCUT2D eigenvalue weighted by Crippen LogP contribution is -2.38. The normalized spacial score (nSPS) is 18.8. The average Bonchev–Trinajstić information content (AvgIpc) is 4.34. The van der Waals surface area contributed by atoms with E-state index in [0.717, 1.165) is 68.8 Å². The predicted molar refractivity (Wildman–Crippen MR) is 283 cm³/mol. The Morgan fingerprint density at radius 1 is 0.637 bits per heavy atom.